The topological polar surface area (TPSA) is 94.2 Å². The number of amides is 2. The van der Waals surface area contributed by atoms with Gasteiger partial charge in [0.2, 0.25) is 5.91 Å². The molecule has 0 atom stereocenters. The summed E-state index contributed by atoms with van der Waals surface area (Å²) in [7, 11) is 0. The van der Waals surface area contributed by atoms with Crippen LogP contribution in [0.4, 0.5) is 5.69 Å². The molecule has 8 nitrogen and oxygen atoms in total. The van der Waals surface area contributed by atoms with Gasteiger partial charge in [-0.1, -0.05) is 20.8 Å². The molecular formula is C22H30N2O6. The molecule has 2 amide bonds. The predicted molar refractivity (Wildman–Crippen MR) is 110 cm³/mol. The molecule has 0 unspecified atom stereocenters. The zero-order valence-corrected chi connectivity index (χ0v) is 17.9. The normalized spacial score (nSPS) is 17.1. The molecule has 30 heavy (non-hydrogen) atoms. The molecule has 0 spiro atoms. The zero-order valence-electron chi connectivity index (χ0n) is 17.9. The van der Waals surface area contributed by atoms with Gasteiger partial charge in [0.1, 0.15) is 0 Å². The summed E-state index contributed by atoms with van der Waals surface area (Å²) in [5.74, 6) is 0.209. The number of likely N-dealkylation sites (tertiary alicyclic amines) is 1. The van der Waals surface area contributed by atoms with E-state index < -0.39 is 17.3 Å². The van der Waals surface area contributed by atoms with E-state index in [4.69, 9.17) is 14.2 Å². The summed E-state index contributed by atoms with van der Waals surface area (Å²) in [4.78, 5) is 38.6. The largest absolute Gasteiger partial charge is 0.490 e. The lowest BCUT2D eigenvalue weighted by molar-refractivity contribution is -0.155. The number of nitrogens with zero attached hydrogens (tertiary/aromatic N) is 1. The van der Waals surface area contributed by atoms with Crippen LogP contribution in [0.3, 0.4) is 0 Å². The molecule has 1 saturated heterocycles. The van der Waals surface area contributed by atoms with Gasteiger partial charge in [0.15, 0.2) is 18.1 Å². The molecule has 2 aliphatic rings. The second-order valence-electron chi connectivity index (χ2n) is 8.68. The summed E-state index contributed by atoms with van der Waals surface area (Å²) in [6.45, 7) is 7.51. The molecule has 0 aliphatic carbocycles. The Morgan fingerprint density at radius 2 is 1.77 bits per heavy atom. The van der Waals surface area contributed by atoms with Crippen LogP contribution in [0.15, 0.2) is 18.2 Å². The van der Waals surface area contributed by atoms with E-state index in [2.05, 4.69) is 5.32 Å². The van der Waals surface area contributed by atoms with Crippen LogP contribution < -0.4 is 14.8 Å². The van der Waals surface area contributed by atoms with Gasteiger partial charge < -0.3 is 24.4 Å². The van der Waals surface area contributed by atoms with Crippen LogP contribution in [0.5, 0.6) is 11.5 Å². The van der Waals surface area contributed by atoms with Crippen molar-refractivity contribution >= 4 is 23.5 Å². The summed E-state index contributed by atoms with van der Waals surface area (Å²) in [6, 6.07) is 5.16. The Balaban J connectivity index is 1.43. The molecule has 0 aromatic heterocycles. The molecule has 2 aliphatic heterocycles. The SMILES string of the molecule is CC(C)(C)C(=O)N1CCC(C(=O)OCC(=O)Nc2ccc3c(c2)OCCCO3)CC1. The van der Waals surface area contributed by atoms with E-state index in [0.717, 1.165) is 6.42 Å². The van der Waals surface area contributed by atoms with Gasteiger partial charge in [-0.3, -0.25) is 14.4 Å². The number of carbonyl (C=O) groups excluding carboxylic acids is 3. The fourth-order valence-electron chi connectivity index (χ4n) is 3.49. The van der Waals surface area contributed by atoms with Crippen molar-refractivity contribution in [1.29, 1.82) is 0 Å². The lowest BCUT2D eigenvalue weighted by Gasteiger charge is -2.34. The Hall–Kier alpha value is -2.77. The lowest BCUT2D eigenvalue weighted by Crippen LogP contribution is -2.45. The fraction of sp³-hybridized carbons (Fsp3) is 0.591. The van der Waals surface area contributed by atoms with E-state index in [1.807, 2.05) is 20.8 Å². The fourth-order valence-corrected chi connectivity index (χ4v) is 3.49. The van der Waals surface area contributed by atoms with Crippen LogP contribution >= 0.6 is 0 Å². The first-order valence-electron chi connectivity index (χ1n) is 10.4. The highest BCUT2D eigenvalue weighted by atomic mass is 16.5. The second kappa shape index (κ2) is 9.36. The molecule has 1 N–H and O–H groups in total. The predicted octanol–water partition coefficient (Wildman–Crippen LogP) is 2.61. The van der Waals surface area contributed by atoms with Crippen LogP contribution in [0.1, 0.15) is 40.0 Å². The smallest absolute Gasteiger partial charge is 0.309 e. The third-order valence-electron chi connectivity index (χ3n) is 5.13. The van der Waals surface area contributed by atoms with E-state index in [1.54, 1.807) is 23.1 Å². The number of carbonyl (C=O) groups is 3. The average Bonchev–Trinajstić information content (AvgIpc) is 2.96. The van der Waals surface area contributed by atoms with Crippen molar-refractivity contribution in [3.63, 3.8) is 0 Å². The number of hydrogen-bond acceptors (Lipinski definition) is 6. The van der Waals surface area contributed by atoms with Gasteiger partial charge in [0.25, 0.3) is 5.91 Å². The van der Waals surface area contributed by atoms with E-state index in [0.29, 0.717) is 56.3 Å². The quantitative estimate of drug-likeness (QED) is 0.756. The number of nitrogens with one attached hydrogen (secondary N) is 1. The van der Waals surface area contributed by atoms with Crippen molar-refractivity contribution in [2.75, 3.05) is 38.2 Å². The standard InChI is InChI=1S/C22H30N2O6/c1-22(2,3)21(27)24-9-7-15(8-10-24)20(26)30-14-19(25)23-16-5-6-17-18(13-16)29-12-4-11-28-17/h5-6,13,15H,4,7-12,14H2,1-3H3,(H,23,25). The molecule has 1 aromatic carbocycles. The Morgan fingerprint density at radius 1 is 1.10 bits per heavy atom. The average molecular weight is 418 g/mol. The Bertz CT molecular complexity index is 793. The number of esters is 1. The number of hydrogen-bond donors (Lipinski definition) is 1. The molecule has 164 valence electrons. The molecule has 0 bridgehead atoms. The highest BCUT2D eigenvalue weighted by Crippen LogP contribution is 2.32. The maximum Gasteiger partial charge on any atom is 0.309 e. The third kappa shape index (κ3) is 5.64. The minimum Gasteiger partial charge on any atom is -0.490 e. The first-order valence-corrected chi connectivity index (χ1v) is 10.4. The molecular weight excluding hydrogens is 388 g/mol. The summed E-state index contributed by atoms with van der Waals surface area (Å²) in [5, 5.41) is 2.70. The first-order chi connectivity index (χ1) is 14.2. The Kier molecular flexibility index (Phi) is 6.84. The maximum absolute atomic E-state index is 12.3. The Morgan fingerprint density at radius 3 is 2.43 bits per heavy atom. The lowest BCUT2D eigenvalue weighted by atomic mass is 9.91. The van der Waals surface area contributed by atoms with E-state index in [-0.39, 0.29) is 18.4 Å². The number of fused-ring (bicyclic) bond motifs is 1. The highest BCUT2D eigenvalue weighted by molar-refractivity contribution is 5.93. The maximum atomic E-state index is 12.3. The van der Waals surface area contributed by atoms with Gasteiger partial charge >= 0.3 is 5.97 Å². The van der Waals surface area contributed by atoms with Gasteiger partial charge in [-0.05, 0) is 25.0 Å². The van der Waals surface area contributed by atoms with Crippen LogP contribution in [-0.2, 0) is 19.1 Å². The van der Waals surface area contributed by atoms with Crippen LogP contribution in [-0.4, -0.2) is 55.6 Å². The summed E-state index contributed by atoms with van der Waals surface area (Å²) < 4.78 is 16.4. The van der Waals surface area contributed by atoms with Crippen LogP contribution in [0.2, 0.25) is 0 Å². The molecule has 1 aromatic rings. The number of piperidine rings is 1. The second-order valence-corrected chi connectivity index (χ2v) is 8.68. The Labute approximate surface area is 176 Å². The summed E-state index contributed by atoms with van der Waals surface area (Å²) in [5.41, 5.74) is 0.118. The first kappa shape index (κ1) is 21.9. The van der Waals surface area contributed by atoms with Gasteiger partial charge in [0.05, 0.1) is 19.1 Å². The molecule has 0 radical (unpaired) electrons. The molecule has 3 rings (SSSR count). The minimum absolute atomic E-state index is 0.0869. The van der Waals surface area contributed by atoms with E-state index in [9.17, 15) is 14.4 Å². The number of rotatable bonds is 4. The zero-order chi connectivity index (χ0) is 21.7. The van der Waals surface area contributed by atoms with Crippen molar-refractivity contribution in [2.45, 2.75) is 40.0 Å². The van der Waals surface area contributed by atoms with Crippen molar-refractivity contribution in [3.8, 4) is 11.5 Å². The van der Waals surface area contributed by atoms with E-state index in [1.165, 1.54) is 0 Å². The van der Waals surface area contributed by atoms with Gasteiger partial charge in [0, 0.05) is 36.7 Å². The van der Waals surface area contributed by atoms with Crippen LogP contribution in [0, 0.1) is 11.3 Å². The number of anilines is 1. The summed E-state index contributed by atoms with van der Waals surface area (Å²) in [6.07, 6.45) is 1.89. The van der Waals surface area contributed by atoms with Gasteiger partial charge in [-0.25, -0.2) is 0 Å². The molecule has 0 saturated carbocycles. The number of ether oxygens (including phenoxy) is 3. The monoisotopic (exact) mass is 418 g/mol. The molecule has 2 heterocycles. The van der Waals surface area contributed by atoms with Gasteiger partial charge in [-0.15, -0.1) is 0 Å². The van der Waals surface area contributed by atoms with Crippen molar-refractivity contribution in [1.82, 2.24) is 4.90 Å². The number of benzene rings is 1. The van der Waals surface area contributed by atoms with Crippen molar-refractivity contribution in [2.24, 2.45) is 11.3 Å². The van der Waals surface area contributed by atoms with Crippen LogP contribution in [0.25, 0.3) is 0 Å². The highest BCUT2D eigenvalue weighted by Gasteiger charge is 2.33. The molecule has 8 heteroatoms. The minimum atomic E-state index is -0.432. The van der Waals surface area contributed by atoms with Crippen molar-refractivity contribution < 1.29 is 28.6 Å². The molecule has 1 fully saturated rings. The van der Waals surface area contributed by atoms with Gasteiger partial charge in [-0.2, -0.15) is 0 Å². The van der Waals surface area contributed by atoms with Crippen molar-refractivity contribution in [3.05, 3.63) is 18.2 Å². The summed E-state index contributed by atoms with van der Waals surface area (Å²) >= 11 is 0. The van der Waals surface area contributed by atoms with E-state index >= 15 is 0 Å². The third-order valence-corrected chi connectivity index (χ3v) is 5.13.